The van der Waals surface area contributed by atoms with Crippen LogP contribution in [0.1, 0.15) is 0 Å². The molecule has 2 aromatic rings. The molecule has 25 heavy (non-hydrogen) atoms. The molecule has 2 atom stereocenters. The number of carbonyl (C=O) groups is 1. The van der Waals surface area contributed by atoms with Gasteiger partial charge >= 0.3 is 6.03 Å². The highest BCUT2D eigenvalue weighted by Gasteiger charge is 2.33. The number of aliphatic hydroxyl groups is 1. The first-order valence-electron chi connectivity index (χ1n) is 7.91. The van der Waals surface area contributed by atoms with Crippen LogP contribution < -0.4 is 10.6 Å². The van der Waals surface area contributed by atoms with Crippen LogP contribution in [0, 0.1) is 5.92 Å². The van der Waals surface area contributed by atoms with Crippen LogP contribution in [-0.2, 0) is 0 Å². The van der Waals surface area contributed by atoms with E-state index in [0.717, 1.165) is 11.1 Å². The van der Waals surface area contributed by atoms with Crippen LogP contribution in [0.3, 0.4) is 0 Å². The van der Waals surface area contributed by atoms with Crippen molar-refractivity contribution in [3.63, 3.8) is 0 Å². The molecule has 0 spiro atoms. The van der Waals surface area contributed by atoms with Gasteiger partial charge in [0, 0.05) is 24.0 Å². The van der Waals surface area contributed by atoms with Gasteiger partial charge in [-0.2, -0.15) is 0 Å². The SMILES string of the molecule is C=CC1C=CC=C[C@@]1(O)NC(=O)Nc1ccc(-c2ccncc2)cc1. The number of allylic oxidation sites excluding steroid dienone is 2. The number of benzene rings is 1. The first-order chi connectivity index (χ1) is 12.1. The molecule has 1 aromatic heterocycles. The van der Waals surface area contributed by atoms with Crippen LogP contribution in [0.25, 0.3) is 11.1 Å². The maximum atomic E-state index is 12.2. The Morgan fingerprint density at radius 2 is 1.80 bits per heavy atom. The van der Waals surface area contributed by atoms with E-state index in [2.05, 4.69) is 22.2 Å². The van der Waals surface area contributed by atoms with Crippen molar-refractivity contribution >= 4 is 11.7 Å². The van der Waals surface area contributed by atoms with E-state index in [-0.39, 0.29) is 0 Å². The van der Waals surface area contributed by atoms with Gasteiger partial charge in [0.1, 0.15) is 0 Å². The average Bonchev–Trinajstić information content (AvgIpc) is 2.63. The lowest BCUT2D eigenvalue weighted by atomic mass is 9.91. The summed E-state index contributed by atoms with van der Waals surface area (Å²) in [6.45, 7) is 3.69. The van der Waals surface area contributed by atoms with E-state index in [0.29, 0.717) is 5.69 Å². The summed E-state index contributed by atoms with van der Waals surface area (Å²) in [7, 11) is 0. The molecule has 0 fully saturated rings. The zero-order chi connectivity index (χ0) is 17.7. The number of pyridine rings is 1. The van der Waals surface area contributed by atoms with Crippen LogP contribution in [-0.4, -0.2) is 21.8 Å². The fourth-order valence-corrected chi connectivity index (χ4v) is 2.66. The second kappa shape index (κ2) is 7.15. The number of anilines is 1. The first kappa shape index (κ1) is 16.7. The van der Waals surface area contributed by atoms with Crippen molar-refractivity contribution in [2.45, 2.75) is 5.72 Å². The van der Waals surface area contributed by atoms with Gasteiger partial charge < -0.3 is 15.7 Å². The minimum atomic E-state index is -1.49. The summed E-state index contributed by atoms with van der Waals surface area (Å²) in [6, 6.07) is 10.8. The highest BCUT2D eigenvalue weighted by molar-refractivity contribution is 5.90. The molecular formula is C20H19N3O2. The van der Waals surface area contributed by atoms with Crippen LogP contribution in [0.5, 0.6) is 0 Å². The second-order valence-electron chi connectivity index (χ2n) is 5.72. The Balaban J connectivity index is 1.66. The van der Waals surface area contributed by atoms with Gasteiger partial charge in [0.2, 0.25) is 0 Å². The molecule has 2 amide bonds. The van der Waals surface area contributed by atoms with Gasteiger partial charge in [0.05, 0.1) is 0 Å². The van der Waals surface area contributed by atoms with Crippen molar-refractivity contribution in [2.24, 2.45) is 5.92 Å². The molecule has 3 rings (SSSR count). The van der Waals surface area contributed by atoms with Crippen LogP contribution >= 0.6 is 0 Å². The Bertz CT molecular complexity index is 813. The molecule has 0 saturated heterocycles. The monoisotopic (exact) mass is 333 g/mol. The van der Waals surface area contributed by atoms with Crippen LogP contribution in [0.15, 0.2) is 85.8 Å². The summed E-state index contributed by atoms with van der Waals surface area (Å²) in [4.78, 5) is 16.2. The molecule has 1 aromatic carbocycles. The number of amides is 2. The molecule has 5 heteroatoms. The van der Waals surface area contributed by atoms with Gasteiger partial charge in [0.15, 0.2) is 5.72 Å². The van der Waals surface area contributed by atoms with Gasteiger partial charge in [-0.05, 0) is 41.5 Å². The van der Waals surface area contributed by atoms with E-state index >= 15 is 0 Å². The second-order valence-corrected chi connectivity index (χ2v) is 5.72. The Hall–Kier alpha value is -3.18. The highest BCUT2D eigenvalue weighted by atomic mass is 16.3. The molecule has 0 aliphatic heterocycles. The first-order valence-corrected chi connectivity index (χ1v) is 7.91. The summed E-state index contributed by atoms with van der Waals surface area (Å²) in [6.07, 6.45) is 11.9. The van der Waals surface area contributed by atoms with Crippen molar-refractivity contribution in [1.29, 1.82) is 0 Å². The largest absolute Gasteiger partial charge is 0.366 e. The van der Waals surface area contributed by atoms with Crippen molar-refractivity contribution in [1.82, 2.24) is 10.3 Å². The van der Waals surface area contributed by atoms with Crippen molar-refractivity contribution in [3.05, 3.63) is 85.8 Å². The molecule has 1 aliphatic carbocycles. The van der Waals surface area contributed by atoms with Gasteiger partial charge in [-0.3, -0.25) is 4.98 Å². The number of aromatic nitrogens is 1. The number of nitrogens with zero attached hydrogens (tertiary/aromatic N) is 1. The van der Waals surface area contributed by atoms with Gasteiger partial charge in [-0.1, -0.05) is 36.4 Å². The standard InChI is InChI=1S/C20H19N3O2/c1-2-17-5-3-4-12-20(17,25)23-19(24)22-18-8-6-15(7-9-18)16-10-13-21-14-11-16/h2-14,17,25H,1H2,(H2,22,23,24)/t17?,20-/m0/s1. The zero-order valence-corrected chi connectivity index (χ0v) is 13.6. The van der Waals surface area contributed by atoms with Crippen molar-refractivity contribution < 1.29 is 9.90 Å². The number of hydrogen-bond donors (Lipinski definition) is 3. The minimum Gasteiger partial charge on any atom is -0.366 e. The number of carbonyl (C=O) groups excluding carboxylic acids is 1. The fourth-order valence-electron chi connectivity index (χ4n) is 2.66. The minimum absolute atomic E-state index is 0.391. The molecule has 1 aliphatic rings. The summed E-state index contributed by atoms with van der Waals surface area (Å²) >= 11 is 0. The number of hydrogen-bond acceptors (Lipinski definition) is 3. The quantitative estimate of drug-likeness (QED) is 0.592. The topological polar surface area (TPSA) is 74.2 Å². The normalized spacial score (nSPS) is 21.6. The Kier molecular flexibility index (Phi) is 4.77. The molecule has 1 unspecified atom stereocenters. The molecule has 0 saturated carbocycles. The average molecular weight is 333 g/mol. The zero-order valence-electron chi connectivity index (χ0n) is 13.6. The predicted molar refractivity (Wildman–Crippen MR) is 98.7 cm³/mol. The van der Waals surface area contributed by atoms with Crippen LogP contribution in [0.2, 0.25) is 0 Å². The lowest BCUT2D eigenvalue weighted by molar-refractivity contribution is 0.0415. The number of nitrogens with one attached hydrogen (secondary N) is 2. The number of rotatable bonds is 4. The van der Waals surface area contributed by atoms with E-state index in [4.69, 9.17) is 0 Å². The summed E-state index contributed by atoms with van der Waals surface area (Å²) in [5.41, 5.74) is 1.22. The Morgan fingerprint density at radius 3 is 2.48 bits per heavy atom. The van der Waals surface area contributed by atoms with Gasteiger partial charge in [-0.15, -0.1) is 6.58 Å². The van der Waals surface area contributed by atoms with Gasteiger partial charge in [-0.25, -0.2) is 4.79 Å². The molecule has 5 nitrogen and oxygen atoms in total. The van der Waals surface area contributed by atoms with E-state index in [1.54, 1.807) is 48.8 Å². The molecular weight excluding hydrogens is 314 g/mol. The fraction of sp³-hybridized carbons (Fsp3) is 0.100. The lowest BCUT2D eigenvalue weighted by Gasteiger charge is -2.32. The Morgan fingerprint density at radius 1 is 1.12 bits per heavy atom. The lowest BCUT2D eigenvalue weighted by Crippen LogP contribution is -2.53. The molecule has 0 radical (unpaired) electrons. The van der Waals surface area contributed by atoms with Crippen molar-refractivity contribution in [3.8, 4) is 11.1 Å². The summed E-state index contributed by atoms with van der Waals surface area (Å²) in [5, 5.41) is 15.9. The summed E-state index contributed by atoms with van der Waals surface area (Å²) < 4.78 is 0. The molecule has 0 bridgehead atoms. The van der Waals surface area contributed by atoms with Crippen LogP contribution in [0.4, 0.5) is 10.5 Å². The maximum absolute atomic E-state index is 12.2. The molecule has 1 heterocycles. The van der Waals surface area contributed by atoms with E-state index in [1.807, 2.05) is 24.3 Å². The Labute approximate surface area is 146 Å². The van der Waals surface area contributed by atoms with Gasteiger partial charge in [0.25, 0.3) is 0 Å². The third kappa shape index (κ3) is 3.84. The molecule has 126 valence electrons. The third-order valence-electron chi connectivity index (χ3n) is 4.01. The highest BCUT2D eigenvalue weighted by Crippen LogP contribution is 2.24. The molecule has 3 N–H and O–H groups in total. The van der Waals surface area contributed by atoms with Crippen molar-refractivity contribution in [2.75, 3.05) is 5.32 Å². The third-order valence-corrected chi connectivity index (χ3v) is 4.01. The smallest absolute Gasteiger partial charge is 0.321 e. The van der Waals surface area contributed by atoms with E-state index in [9.17, 15) is 9.90 Å². The maximum Gasteiger partial charge on any atom is 0.321 e. The number of urea groups is 1. The summed E-state index contributed by atoms with van der Waals surface area (Å²) in [5.74, 6) is -0.391. The van der Waals surface area contributed by atoms with E-state index in [1.165, 1.54) is 6.08 Å². The van der Waals surface area contributed by atoms with E-state index < -0.39 is 17.7 Å². The predicted octanol–water partition coefficient (Wildman–Crippen LogP) is 3.49.